The smallest absolute Gasteiger partial charge is 0.335 e. The summed E-state index contributed by atoms with van der Waals surface area (Å²) in [7, 11) is 0. The Kier molecular flexibility index (Phi) is 6.05. The van der Waals surface area contributed by atoms with Crippen molar-refractivity contribution in [2.75, 3.05) is 4.90 Å². The molecular weight excluding hydrogens is 428 g/mol. The van der Waals surface area contributed by atoms with Crippen LogP contribution in [0.15, 0.2) is 78.4 Å². The molecular formula is C25H19ClN2O4. The molecule has 1 saturated heterocycles. The minimum absolute atomic E-state index is 0.145. The number of anilines is 1. The van der Waals surface area contributed by atoms with Gasteiger partial charge in [0.1, 0.15) is 17.9 Å². The Morgan fingerprint density at radius 2 is 1.56 bits per heavy atom. The van der Waals surface area contributed by atoms with E-state index in [9.17, 15) is 14.4 Å². The summed E-state index contributed by atoms with van der Waals surface area (Å²) in [6.07, 6.45) is 1.44. The van der Waals surface area contributed by atoms with Crippen molar-refractivity contribution in [2.45, 2.75) is 13.5 Å². The zero-order valence-corrected chi connectivity index (χ0v) is 17.9. The fraction of sp³-hybridized carbons (Fsp3) is 0.0800. The second-order valence-electron chi connectivity index (χ2n) is 7.28. The van der Waals surface area contributed by atoms with Gasteiger partial charge in [-0.05, 0) is 60.5 Å². The molecule has 0 spiro atoms. The molecule has 0 bridgehead atoms. The lowest BCUT2D eigenvalue weighted by Gasteiger charge is -2.26. The third-order valence-corrected chi connectivity index (χ3v) is 5.16. The van der Waals surface area contributed by atoms with Gasteiger partial charge in [-0.15, -0.1) is 0 Å². The van der Waals surface area contributed by atoms with Crippen LogP contribution in [0.3, 0.4) is 0 Å². The van der Waals surface area contributed by atoms with Crippen LogP contribution in [0.25, 0.3) is 6.08 Å². The molecule has 3 aromatic rings. The molecule has 4 amide bonds. The minimum atomic E-state index is -0.806. The van der Waals surface area contributed by atoms with Crippen molar-refractivity contribution in [1.82, 2.24) is 5.32 Å². The van der Waals surface area contributed by atoms with Crippen LogP contribution in [0, 0.1) is 6.92 Å². The minimum Gasteiger partial charge on any atom is -0.489 e. The number of carbonyl (C=O) groups is 3. The van der Waals surface area contributed by atoms with Crippen LogP contribution in [0.4, 0.5) is 10.5 Å². The van der Waals surface area contributed by atoms with Crippen LogP contribution >= 0.6 is 11.6 Å². The van der Waals surface area contributed by atoms with E-state index in [2.05, 4.69) is 5.32 Å². The van der Waals surface area contributed by atoms with E-state index >= 15 is 0 Å². The van der Waals surface area contributed by atoms with E-state index in [4.69, 9.17) is 16.3 Å². The number of rotatable bonds is 5. The number of nitrogens with zero attached hydrogens (tertiary/aromatic N) is 1. The highest BCUT2D eigenvalue weighted by Crippen LogP contribution is 2.24. The average Bonchev–Trinajstić information content (AvgIpc) is 2.78. The predicted octanol–water partition coefficient (Wildman–Crippen LogP) is 4.89. The quantitative estimate of drug-likeness (QED) is 0.447. The van der Waals surface area contributed by atoms with Crippen molar-refractivity contribution in [3.05, 3.63) is 100 Å². The first kappa shape index (κ1) is 21.3. The van der Waals surface area contributed by atoms with Gasteiger partial charge in [-0.3, -0.25) is 14.9 Å². The van der Waals surface area contributed by atoms with Crippen molar-refractivity contribution >= 4 is 41.2 Å². The SMILES string of the molecule is Cc1ccc(COc2ccc(C=C3C(=O)NC(=O)N(c4ccc(Cl)cc4)C3=O)cc2)cc1. The Morgan fingerprint density at radius 1 is 0.906 bits per heavy atom. The van der Waals surface area contributed by atoms with Crippen LogP contribution in [0.1, 0.15) is 16.7 Å². The Balaban J connectivity index is 1.50. The van der Waals surface area contributed by atoms with Gasteiger partial charge in [0.05, 0.1) is 5.69 Å². The second kappa shape index (κ2) is 9.08. The molecule has 160 valence electrons. The van der Waals surface area contributed by atoms with Gasteiger partial charge in [0, 0.05) is 5.02 Å². The van der Waals surface area contributed by atoms with Gasteiger partial charge in [0.15, 0.2) is 0 Å². The summed E-state index contributed by atoms with van der Waals surface area (Å²) in [5.41, 5.74) is 3.03. The molecule has 1 N–H and O–H groups in total. The highest BCUT2D eigenvalue weighted by molar-refractivity contribution is 6.39. The van der Waals surface area contributed by atoms with Crippen LogP contribution in [0.2, 0.25) is 5.02 Å². The van der Waals surface area contributed by atoms with Crippen LogP contribution in [-0.4, -0.2) is 17.8 Å². The number of urea groups is 1. The summed E-state index contributed by atoms with van der Waals surface area (Å²) in [5, 5.41) is 2.67. The Morgan fingerprint density at radius 3 is 2.22 bits per heavy atom. The van der Waals surface area contributed by atoms with Crippen LogP contribution in [0.5, 0.6) is 5.75 Å². The first-order valence-corrected chi connectivity index (χ1v) is 10.2. The number of hydrogen-bond acceptors (Lipinski definition) is 4. The fourth-order valence-corrected chi connectivity index (χ4v) is 3.29. The summed E-state index contributed by atoms with van der Waals surface area (Å²) in [6.45, 7) is 2.46. The standard InChI is InChI=1S/C25H19ClN2O4/c1-16-2-4-18(5-3-16)15-32-21-12-6-17(7-13-21)14-22-23(29)27-25(31)28(24(22)30)20-10-8-19(26)9-11-20/h2-14H,15H2,1H3,(H,27,29,31). The van der Waals surface area contributed by atoms with Gasteiger partial charge >= 0.3 is 6.03 Å². The van der Waals surface area contributed by atoms with E-state index in [0.29, 0.717) is 28.6 Å². The number of halogens is 1. The molecule has 1 heterocycles. The molecule has 4 rings (SSSR count). The van der Waals surface area contributed by atoms with Gasteiger partial charge in [0.2, 0.25) is 0 Å². The second-order valence-corrected chi connectivity index (χ2v) is 7.71. The maximum absolute atomic E-state index is 12.9. The van der Waals surface area contributed by atoms with Gasteiger partial charge in [-0.1, -0.05) is 53.6 Å². The molecule has 6 nitrogen and oxygen atoms in total. The van der Waals surface area contributed by atoms with E-state index in [1.165, 1.54) is 23.8 Å². The number of amides is 4. The van der Waals surface area contributed by atoms with Gasteiger partial charge in [0.25, 0.3) is 11.8 Å². The van der Waals surface area contributed by atoms with E-state index in [1.54, 1.807) is 36.4 Å². The summed E-state index contributed by atoms with van der Waals surface area (Å²) >= 11 is 5.88. The molecule has 0 radical (unpaired) electrons. The lowest BCUT2D eigenvalue weighted by Crippen LogP contribution is -2.54. The Labute approximate surface area is 190 Å². The number of ether oxygens (including phenoxy) is 1. The highest BCUT2D eigenvalue weighted by atomic mass is 35.5. The summed E-state index contributed by atoms with van der Waals surface area (Å²) < 4.78 is 5.79. The van der Waals surface area contributed by atoms with Gasteiger partial charge in [-0.25, -0.2) is 9.69 Å². The largest absolute Gasteiger partial charge is 0.489 e. The molecule has 0 unspecified atom stereocenters. The highest BCUT2D eigenvalue weighted by Gasteiger charge is 2.36. The number of imide groups is 2. The molecule has 7 heteroatoms. The van der Waals surface area contributed by atoms with Crippen molar-refractivity contribution in [1.29, 1.82) is 0 Å². The summed E-state index contributed by atoms with van der Waals surface area (Å²) in [6, 6.07) is 20.4. The number of benzene rings is 3. The van der Waals surface area contributed by atoms with E-state index in [1.807, 2.05) is 31.2 Å². The molecule has 0 saturated carbocycles. The maximum atomic E-state index is 12.9. The van der Waals surface area contributed by atoms with Crippen molar-refractivity contribution in [2.24, 2.45) is 0 Å². The normalized spacial score (nSPS) is 15.1. The maximum Gasteiger partial charge on any atom is 0.335 e. The third-order valence-electron chi connectivity index (χ3n) is 4.90. The zero-order valence-electron chi connectivity index (χ0n) is 17.2. The predicted molar refractivity (Wildman–Crippen MR) is 122 cm³/mol. The Bertz CT molecular complexity index is 1200. The molecule has 1 aliphatic rings. The number of carbonyl (C=O) groups excluding carboxylic acids is 3. The van der Waals surface area contributed by atoms with E-state index in [0.717, 1.165) is 10.5 Å². The molecule has 1 fully saturated rings. The van der Waals surface area contributed by atoms with Crippen molar-refractivity contribution in [3.63, 3.8) is 0 Å². The van der Waals surface area contributed by atoms with Crippen LogP contribution < -0.4 is 15.0 Å². The zero-order chi connectivity index (χ0) is 22.7. The summed E-state index contributed by atoms with van der Waals surface area (Å²) in [4.78, 5) is 38.4. The van der Waals surface area contributed by atoms with Crippen molar-refractivity contribution in [3.8, 4) is 5.75 Å². The van der Waals surface area contributed by atoms with Gasteiger partial charge in [-0.2, -0.15) is 0 Å². The molecule has 0 aromatic heterocycles. The third kappa shape index (κ3) is 4.71. The molecule has 0 atom stereocenters. The molecule has 1 aliphatic heterocycles. The molecule has 32 heavy (non-hydrogen) atoms. The number of barbiturate groups is 1. The number of aryl methyl sites for hydroxylation is 1. The number of hydrogen-bond donors (Lipinski definition) is 1. The Hall–Kier alpha value is -3.90. The molecule has 0 aliphatic carbocycles. The lowest BCUT2D eigenvalue weighted by molar-refractivity contribution is -0.122. The van der Waals surface area contributed by atoms with Gasteiger partial charge < -0.3 is 4.74 Å². The van der Waals surface area contributed by atoms with E-state index in [-0.39, 0.29) is 5.57 Å². The lowest BCUT2D eigenvalue weighted by atomic mass is 10.1. The fourth-order valence-electron chi connectivity index (χ4n) is 3.16. The monoisotopic (exact) mass is 446 g/mol. The first-order valence-electron chi connectivity index (χ1n) is 9.86. The summed E-state index contributed by atoms with van der Waals surface area (Å²) in [5.74, 6) is -0.796. The average molecular weight is 447 g/mol. The van der Waals surface area contributed by atoms with Crippen molar-refractivity contribution < 1.29 is 19.1 Å². The van der Waals surface area contributed by atoms with Crippen LogP contribution in [-0.2, 0) is 16.2 Å². The van der Waals surface area contributed by atoms with E-state index < -0.39 is 17.8 Å². The number of nitrogens with one attached hydrogen (secondary N) is 1. The molecule has 3 aromatic carbocycles. The topological polar surface area (TPSA) is 75.7 Å². The first-order chi connectivity index (χ1) is 15.4.